The summed E-state index contributed by atoms with van der Waals surface area (Å²) in [5, 5.41) is 14.9. The first kappa shape index (κ1) is 15.2. The van der Waals surface area contributed by atoms with E-state index >= 15 is 0 Å². The smallest absolute Gasteiger partial charge is 0.282 e. The van der Waals surface area contributed by atoms with Crippen LogP contribution >= 0.6 is 23.1 Å². The molecule has 0 aliphatic heterocycles. The van der Waals surface area contributed by atoms with E-state index in [4.69, 9.17) is 0 Å². The fourth-order valence-corrected chi connectivity index (χ4v) is 2.45. The maximum Gasteiger partial charge on any atom is 0.282 e. The molecule has 0 spiro atoms. The van der Waals surface area contributed by atoms with Gasteiger partial charge >= 0.3 is 0 Å². The molecule has 0 saturated heterocycles. The van der Waals surface area contributed by atoms with Gasteiger partial charge in [-0.2, -0.15) is 11.8 Å². The van der Waals surface area contributed by atoms with E-state index in [0.717, 1.165) is 31.6 Å². The third-order valence-corrected chi connectivity index (χ3v) is 3.78. The van der Waals surface area contributed by atoms with E-state index in [0.29, 0.717) is 16.7 Å². The summed E-state index contributed by atoms with van der Waals surface area (Å²) in [5.41, 5.74) is 0. The average molecular weight is 288 g/mol. The molecule has 1 aromatic heterocycles. The molecule has 5 nitrogen and oxygen atoms in total. The van der Waals surface area contributed by atoms with E-state index in [2.05, 4.69) is 34.0 Å². The summed E-state index contributed by atoms with van der Waals surface area (Å²) in [6, 6.07) is 0. The van der Waals surface area contributed by atoms with Gasteiger partial charge in [0.25, 0.3) is 5.91 Å². The first-order chi connectivity index (χ1) is 8.77. The number of aromatic nitrogens is 2. The molecule has 102 valence electrons. The van der Waals surface area contributed by atoms with Gasteiger partial charge in [-0.25, -0.2) is 0 Å². The lowest BCUT2D eigenvalue weighted by molar-refractivity contribution is 0.0952. The number of carbonyl (C=O) groups excluding carboxylic acids is 1. The van der Waals surface area contributed by atoms with Crippen molar-refractivity contribution in [2.45, 2.75) is 26.2 Å². The van der Waals surface area contributed by atoms with Crippen molar-refractivity contribution in [1.29, 1.82) is 0 Å². The maximum atomic E-state index is 11.7. The molecular formula is C11H20N4OS2. The van der Waals surface area contributed by atoms with Gasteiger partial charge < -0.3 is 10.6 Å². The number of amides is 1. The number of nitrogens with zero attached hydrogens (tertiary/aromatic N) is 2. The highest BCUT2D eigenvalue weighted by molar-refractivity contribution is 7.98. The van der Waals surface area contributed by atoms with Crippen LogP contribution in [0.15, 0.2) is 0 Å². The van der Waals surface area contributed by atoms with Crippen LogP contribution < -0.4 is 10.6 Å². The summed E-state index contributed by atoms with van der Waals surface area (Å²) in [7, 11) is 0. The van der Waals surface area contributed by atoms with Crippen LogP contribution in [0.3, 0.4) is 0 Å². The van der Waals surface area contributed by atoms with Crippen LogP contribution in [0, 0.1) is 0 Å². The summed E-state index contributed by atoms with van der Waals surface area (Å²) in [6.07, 6.45) is 5.24. The number of carbonyl (C=O) groups is 1. The Balaban J connectivity index is 2.26. The molecule has 1 rings (SSSR count). The van der Waals surface area contributed by atoms with Gasteiger partial charge in [0.1, 0.15) is 0 Å². The molecule has 0 aliphatic rings. The molecule has 0 fully saturated rings. The van der Waals surface area contributed by atoms with Gasteiger partial charge in [0, 0.05) is 13.1 Å². The second kappa shape index (κ2) is 9.16. The van der Waals surface area contributed by atoms with Crippen molar-refractivity contribution in [3.63, 3.8) is 0 Å². The second-order valence-corrected chi connectivity index (χ2v) is 5.76. The highest BCUT2D eigenvalue weighted by Gasteiger charge is 2.11. The quantitative estimate of drug-likeness (QED) is 0.682. The fraction of sp³-hybridized carbons (Fsp3) is 0.727. The lowest BCUT2D eigenvalue weighted by Crippen LogP contribution is -2.24. The number of hydrogen-bond acceptors (Lipinski definition) is 6. The van der Waals surface area contributed by atoms with Crippen LogP contribution in [-0.2, 0) is 0 Å². The monoisotopic (exact) mass is 288 g/mol. The molecule has 0 aromatic carbocycles. The van der Waals surface area contributed by atoms with E-state index in [9.17, 15) is 4.79 Å². The van der Waals surface area contributed by atoms with Crippen molar-refractivity contribution in [3.8, 4) is 0 Å². The summed E-state index contributed by atoms with van der Waals surface area (Å²) in [6.45, 7) is 3.64. The van der Waals surface area contributed by atoms with E-state index in [1.54, 1.807) is 0 Å². The van der Waals surface area contributed by atoms with Gasteiger partial charge in [0.15, 0.2) is 0 Å². The molecule has 1 amide bonds. The number of rotatable bonds is 9. The Bertz CT molecular complexity index is 357. The largest absolute Gasteiger partial charge is 0.360 e. The number of hydrogen-bond donors (Lipinski definition) is 2. The summed E-state index contributed by atoms with van der Waals surface area (Å²) in [5.74, 6) is 1.01. The fourth-order valence-electron chi connectivity index (χ4n) is 1.27. The van der Waals surface area contributed by atoms with Crippen LogP contribution in [-0.4, -0.2) is 41.2 Å². The van der Waals surface area contributed by atoms with Crippen LogP contribution in [0.25, 0.3) is 0 Å². The van der Waals surface area contributed by atoms with Gasteiger partial charge in [-0.1, -0.05) is 18.3 Å². The predicted molar refractivity (Wildman–Crippen MR) is 78.6 cm³/mol. The molecule has 7 heteroatoms. The number of nitrogens with one attached hydrogen (secondary N) is 2. The summed E-state index contributed by atoms with van der Waals surface area (Å²) >= 11 is 3.13. The van der Waals surface area contributed by atoms with Gasteiger partial charge in [-0.3, -0.25) is 4.79 Å². The molecule has 0 bridgehead atoms. The maximum absolute atomic E-state index is 11.7. The zero-order valence-corrected chi connectivity index (χ0v) is 12.5. The predicted octanol–water partition coefficient (Wildman–Crippen LogP) is 2.23. The SMILES string of the molecule is CCCNc1nnc(C(=O)NCCCCSC)s1. The second-order valence-electron chi connectivity index (χ2n) is 3.79. The number of thioether (sulfide) groups is 1. The minimum atomic E-state index is -0.124. The van der Waals surface area contributed by atoms with E-state index < -0.39 is 0 Å². The Kier molecular flexibility index (Phi) is 7.75. The molecule has 1 aromatic rings. The molecule has 0 saturated carbocycles. The third kappa shape index (κ3) is 5.68. The Morgan fingerprint density at radius 1 is 1.33 bits per heavy atom. The van der Waals surface area contributed by atoms with Crippen molar-refractivity contribution in [2.24, 2.45) is 0 Å². The van der Waals surface area contributed by atoms with Crippen molar-refractivity contribution >= 4 is 34.1 Å². The molecule has 18 heavy (non-hydrogen) atoms. The van der Waals surface area contributed by atoms with Crippen molar-refractivity contribution < 1.29 is 4.79 Å². The van der Waals surface area contributed by atoms with Gasteiger partial charge in [-0.05, 0) is 31.3 Å². The molecule has 0 atom stereocenters. The molecule has 0 radical (unpaired) electrons. The zero-order chi connectivity index (χ0) is 13.2. The van der Waals surface area contributed by atoms with E-state index in [1.807, 2.05) is 11.8 Å². The highest BCUT2D eigenvalue weighted by atomic mass is 32.2. The summed E-state index contributed by atoms with van der Waals surface area (Å²) in [4.78, 5) is 11.7. The number of anilines is 1. The highest BCUT2D eigenvalue weighted by Crippen LogP contribution is 2.14. The zero-order valence-electron chi connectivity index (χ0n) is 10.9. The van der Waals surface area contributed by atoms with Crippen LogP contribution in [0.4, 0.5) is 5.13 Å². The van der Waals surface area contributed by atoms with Crippen LogP contribution in [0.5, 0.6) is 0 Å². The van der Waals surface area contributed by atoms with Crippen LogP contribution in [0.1, 0.15) is 36.0 Å². The Labute approximate surface area is 116 Å². The first-order valence-electron chi connectivity index (χ1n) is 6.12. The third-order valence-electron chi connectivity index (χ3n) is 2.21. The van der Waals surface area contributed by atoms with Crippen molar-refractivity contribution in [1.82, 2.24) is 15.5 Å². The average Bonchev–Trinajstić information content (AvgIpc) is 2.84. The standard InChI is InChI=1S/C11H20N4OS2/c1-3-6-13-11-15-14-10(18-11)9(16)12-7-4-5-8-17-2/h3-8H2,1-2H3,(H,12,16)(H,13,15). The number of unbranched alkanes of at least 4 members (excludes halogenated alkanes) is 1. The summed E-state index contributed by atoms with van der Waals surface area (Å²) < 4.78 is 0. The van der Waals surface area contributed by atoms with Crippen molar-refractivity contribution in [2.75, 3.05) is 30.4 Å². The minimum Gasteiger partial charge on any atom is -0.360 e. The normalized spacial score (nSPS) is 10.3. The Morgan fingerprint density at radius 3 is 2.89 bits per heavy atom. The first-order valence-corrected chi connectivity index (χ1v) is 8.33. The van der Waals surface area contributed by atoms with Gasteiger partial charge in [-0.15, -0.1) is 10.2 Å². The lowest BCUT2D eigenvalue weighted by atomic mass is 10.3. The molecule has 1 heterocycles. The molecule has 0 unspecified atom stereocenters. The topological polar surface area (TPSA) is 66.9 Å². The van der Waals surface area contributed by atoms with Crippen molar-refractivity contribution in [3.05, 3.63) is 5.01 Å². The van der Waals surface area contributed by atoms with Gasteiger partial charge in [0.05, 0.1) is 0 Å². The Hall–Kier alpha value is -0.820. The molecular weight excluding hydrogens is 268 g/mol. The Morgan fingerprint density at radius 2 is 2.17 bits per heavy atom. The van der Waals surface area contributed by atoms with Gasteiger partial charge in [0.2, 0.25) is 10.1 Å². The molecule has 2 N–H and O–H groups in total. The molecule has 0 aliphatic carbocycles. The van der Waals surface area contributed by atoms with Crippen LogP contribution in [0.2, 0.25) is 0 Å². The lowest BCUT2D eigenvalue weighted by Gasteiger charge is -2.01. The minimum absolute atomic E-state index is 0.124. The van der Waals surface area contributed by atoms with E-state index in [-0.39, 0.29) is 5.91 Å². The van der Waals surface area contributed by atoms with E-state index in [1.165, 1.54) is 11.3 Å².